The molecule has 5 heteroatoms. The van der Waals surface area contributed by atoms with Gasteiger partial charge in [0.15, 0.2) is 0 Å². The fourth-order valence-electron chi connectivity index (χ4n) is 2.95. The van der Waals surface area contributed by atoms with Crippen LogP contribution in [0, 0.1) is 0 Å². The fraction of sp³-hybridized carbons (Fsp3) is 0.375. The number of hydrogen-bond donors (Lipinski definition) is 2. The van der Waals surface area contributed by atoms with Crippen molar-refractivity contribution in [1.29, 1.82) is 0 Å². The largest absolute Gasteiger partial charge is 0.383 e. The first-order valence-corrected chi connectivity index (χ1v) is 7.46. The number of anilines is 3. The van der Waals surface area contributed by atoms with E-state index in [-0.39, 0.29) is 5.95 Å². The molecule has 2 aromatic rings. The summed E-state index contributed by atoms with van der Waals surface area (Å²) in [6.07, 6.45) is 3.30. The van der Waals surface area contributed by atoms with Gasteiger partial charge in [0.2, 0.25) is 5.95 Å². The van der Waals surface area contributed by atoms with Crippen molar-refractivity contribution in [2.75, 3.05) is 29.5 Å². The maximum Gasteiger partial charge on any atom is 0.222 e. The second-order valence-electron chi connectivity index (χ2n) is 5.39. The van der Waals surface area contributed by atoms with Gasteiger partial charge in [0.05, 0.1) is 5.69 Å². The monoisotopic (exact) mass is 283 g/mol. The molecule has 21 heavy (non-hydrogen) atoms. The summed E-state index contributed by atoms with van der Waals surface area (Å²) >= 11 is 0. The third-order valence-corrected chi connectivity index (χ3v) is 3.97. The Hall–Kier alpha value is -2.30. The van der Waals surface area contributed by atoms with E-state index in [0.29, 0.717) is 5.82 Å². The molecule has 0 bridgehead atoms. The van der Waals surface area contributed by atoms with Gasteiger partial charge in [-0.2, -0.15) is 4.98 Å². The quantitative estimate of drug-likeness (QED) is 0.904. The molecule has 0 unspecified atom stereocenters. The molecule has 1 fully saturated rings. The van der Waals surface area contributed by atoms with Gasteiger partial charge in [0.1, 0.15) is 5.82 Å². The van der Waals surface area contributed by atoms with E-state index in [1.165, 1.54) is 18.5 Å². The lowest BCUT2D eigenvalue weighted by molar-refractivity contribution is 0.949. The molecule has 1 saturated heterocycles. The highest BCUT2D eigenvalue weighted by atomic mass is 15.1. The van der Waals surface area contributed by atoms with Gasteiger partial charge in [-0.05, 0) is 37.0 Å². The van der Waals surface area contributed by atoms with Crippen LogP contribution in [0.5, 0.6) is 0 Å². The number of nitrogens with zero attached hydrogens (tertiary/aromatic N) is 3. The smallest absolute Gasteiger partial charge is 0.222 e. The second kappa shape index (κ2) is 5.60. The molecular formula is C16H21N5. The Morgan fingerprint density at radius 2 is 1.90 bits per heavy atom. The summed E-state index contributed by atoms with van der Waals surface area (Å²) in [5.74, 6) is 0.696. The van der Waals surface area contributed by atoms with Crippen LogP contribution in [0.1, 0.15) is 25.5 Å². The first-order valence-electron chi connectivity index (χ1n) is 7.46. The van der Waals surface area contributed by atoms with Gasteiger partial charge in [0, 0.05) is 24.3 Å². The van der Waals surface area contributed by atoms with Crippen molar-refractivity contribution >= 4 is 17.5 Å². The summed E-state index contributed by atoms with van der Waals surface area (Å²) in [6.45, 7) is 4.30. The topological polar surface area (TPSA) is 81.1 Å². The molecule has 2 heterocycles. The minimum Gasteiger partial charge on any atom is -0.383 e. The number of rotatable bonds is 3. The van der Waals surface area contributed by atoms with Crippen molar-refractivity contribution in [3.05, 3.63) is 30.0 Å². The SMILES string of the molecule is CCc1nc(N)nc(N)c1-c1cccc(N2CCCC2)c1. The van der Waals surface area contributed by atoms with Crippen molar-refractivity contribution in [2.45, 2.75) is 26.2 Å². The highest BCUT2D eigenvalue weighted by molar-refractivity contribution is 5.79. The maximum atomic E-state index is 6.09. The van der Waals surface area contributed by atoms with E-state index in [4.69, 9.17) is 11.5 Å². The lowest BCUT2D eigenvalue weighted by Gasteiger charge is -2.19. The maximum absolute atomic E-state index is 6.09. The van der Waals surface area contributed by atoms with Crippen molar-refractivity contribution in [1.82, 2.24) is 9.97 Å². The highest BCUT2D eigenvalue weighted by Crippen LogP contribution is 2.32. The summed E-state index contributed by atoms with van der Waals surface area (Å²) in [6, 6.07) is 8.45. The van der Waals surface area contributed by atoms with E-state index in [1.54, 1.807) is 0 Å². The van der Waals surface area contributed by atoms with E-state index < -0.39 is 0 Å². The lowest BCUT2D eigenvalue weighted by Crippen LogP contribution is -2.17. The molecule has 1 aromatic heterocycles. The Morgan fingerprint density at radius 1 is 1.14 bits per heavy atom. The standard InChI is InChI=1S/C16H21N5/c1-2-13-14(15(17)20-16(18)19-13)11-6-5-7-12(10-11)21-8-3-4-9-21/h5-7,10H,2-4,8-9H2,1H3,(H4,17,18,19,20). The number of benzene rings is 1. The Bertz CT molecular complexity index is 647. The minimum absolute atomic E-state index is 0.240. The van der Waals surface area contributed by atoms with Crippen LogP contribution in [0.15, 0.2) is 24.3 Å². The van der Waals surface area contributed by atoms with Crippen LogP contribution in [0.25, 0.3) is 11.1 Å². The summed E-state index contributed by atoms with van der Waals surface area (Å²) in [5, 5.41) is 0. The molecule has 0 amide bonds. The third-order valence-electron chi connectivity index (χ3n) is 3.97. The van der Waals surface area contributed by atoms with E-state index in [9.17, 15) is 0 Å². The zero-order valence-corrected chi connectivity index (χ0v) is 12.3. The Kier molecular flexibility index (Phi) is 3.64. The van der Waals surface area contributed by atoms with E-state index in [2.05, 4.69) is 46.1 Å². The molecule has 0 spiro atoms. The Morgan fingerprint density at radius 3 is 2.62 bits per heavy atom. The second-order valence-corrected chi connectivity index (χ2v) is 5.39. The summed E-state index contributed by atoms with van der Waals surface area (Å²) < 4.78 is 0. The summed E-state index contributed by atoms with van der Waals surface area (Å²) in [7, 11) is 0. The van der Waals surface area contributed by atoms with Gasteiger partial charge < -0.3 is 16.4 Å². The lowest BCUT2D eigenvalue weighted by atomic mass is 10.0. The summed E-state index contributed by atoms with van der Waals surface area (Å²) in [5.41, 5.74) is 15.9. The average Bonchev–Trinajstić information content (AvgIpc) is 3.00. The van der Waals surface area contributed by atoms with Crippen molar-refractivity contribution in [3.8, 4) is 11.1 Å². The molecule has 3 rings (SSSR count). The van der Waals surface area contributed by atoms with E-state index >= 15 is 0 Å². The molecule has 1 aromatic carbocycles. The van der Waals surface area contributed by atoms with Crippen LogP contribution < -0.4 is 16.4 Å². The predicted molar refractivity (Wildman–Crippen MR) is 87.1 cm³/mol. The molecule has 5 nitrogen and oxygen atoms in total. The number of nitrogens with two attached hydrogens (primary N) is 2. The molecule has 4 N–H and O–H groups in total. The Balaban J connectivity index is 2.06. The van der Waals surface area contributed by atoms with Crippen LogP contribution >= 0.6 is 0 Å². The Labute approximate surface area is 125 Å². The van der Waals surface area contributed by atoms with E-state index in [0.717, 1.165) is 36.3 Å². The molecule has 110 valence electrons. The number of aryl methyl sites for hydroxylation is 1. The first-order chi connectivity index (χ1) is 10.2. The number of aromatic nitrogens is 2. The van der Waals surface area contributed by atoms with Gasteiger partial charge in [-0.1, -0.05) is 19.1 Å². The molecule has 0 atom stereocenters. The molecule has 0 radical (unpaired) electrons. The van der Waals surface area contributed by atoms with Crippen molar-refractivity contribution in [3.63, 3.8) is 0 Å². The third kappa shape index (κ3) is 2.63. The zero-order chi connectivity index (χ0) is 14.8. The highest BCUT2D eigenvalue weighted by Gasteiger charge is 2.16. The van der Waals surface area contributed by atoms with Gasteiger partial charge in [-0.25, -0.2) is 4.98 Å². The van der Waals surface area contributed by atoms with Crippen LogP contribution in [0.4, 0.5) is 17.5 Å². The van der Waals surface area contributed by atoms with E-state index in [1.807, 2.05) is 0 Å². The molecule has 0 saturated carbocycles. The van der Waals surface area contributed by atoms with Crippen LogP contribution in [0.3, 0.4) is 0 Å². The predicted octanol–water partition coefficient (Wildman–Crippen LogP) is 2.47. The minimum atomic E-state index is 0.240. The van der Waals surface area contributed by atoms with Crippen LogP contribution in [-0.2, 0) is 6.42 Å². The van der Waals surface area contributed by atoms with Crippen molar-refractivity contribution < 1.29 is 0 Å². The van der Waals surface area contributed by atoms with Gasteiger partial charge in [-0.15, -0.1) is 0 Å². The van der Waals surface area contributed by atoms with Crippen molar-refractivity contribution in [2.24, 2.45) is 0 Å². The first kappa shape index (κ1) is 13.7. The molecular weight excluding hydrogens is 262 g/mol. The van der Waals surface area contributed by atoms with Gasteiger partial charge in [-0.3, -0.25) is 0 Å². The zero-order valence-electron chi connectivity index (χ0n) is 12.3. The van der Waals surface area contributed by atoms with Crippen LogP contribution in [0.2, 0.25) is 0 Å². The number of hydrogen-bond acceptors (Lipinski definition) is 5. The molecule has 1 aliphatic rings. The van der Waals surface area contributed by atoms with Gasteiger partial charge >= 0.3 is 0 Å². The van der Waals surface area contributed by atoms with Crippen LogP contribution in [-0.4, -0.2) is 23.1 Å². The van der Waals surface area contributed by atoms with Gasteiger partial charge in [0.25, 0.3) is 0 Å². The average molecular weight is 283 g/mol. The fourth-order valence-corrected chi connectivity index (χ4v) is 2.95. The molecule has 0 aliphatic carbocycles. The summed E-state index contributed by atoms with van der Waals surface area (Å²) in [4.78, 5) is 10.9. The normalized spacial score (nSPS) is 14.6. The number of nitrogen functional groups attached to an aromatic ring is 2. The molecule has 1 aliphatic heterocycles.